The number of ether oxygens (including phenoxy) is 1. The fraction of sp³-hybridized carbons (Fsp3) is 0.417. The van der Waals surface area contributed by atoms with Gasteiger partial charge < -0.3 is 14.4 Å². The van der Waals surface area contributed by atoms with Gasteiger partial charge in [0.25, 0.3) is 5.56 Å². The highest BCUT2D eigenvalue weighted by atomic mass is 19.1. The van der Waals surface area contributed by atoms with Crippen molar-refractivity contribution in [2.45, 2.75) is 51.3 Å². The summed E-state index contributed by atoms with van der Waals surface area (Å²) in [6, 6.07) is 5.50. The van der Waals surface area contributed by atoms with Crippen molar-refractivity contribution in [1.29, 1.82) is 0 Å². The second-order valence-electron chi connectivity index (χ2n) is 8.62. The number of aryl methyl sites for hydroxylation is 1. The molecule has 2 heterocycles. The van der Waals surface area contributed by atoms with Crippen molar-refractivity contribution >= 4 is 0 Å². The number of nitrogens with one attached hydrogen (secondary N) is 1. The lowest BCUT2D eigenvalue weighted by Crippen LogP contribution is -2.34. The molecule has 4 rings (SSSR count). The number of H-pyrrole nitrogens is 1. The molecule has 10 heteroatoms. The third-order valence-corrected chi connectivity index (χ3v) is 5.92. The number of nitrogens with zero attached hydrogens (tertiary/aromatic N) is 4. The molecule has 34 heavy (non-hydrogen) atoms. The van der Waals surface area contributed by atoms with Crippen LogP contribution in [0.15, 0.2) is 40.1 Å². The predicted molar refractivity (Wildman–Crippen MR) is 122 cm³/mol. The smallest absolute Gasteiger partial charge is 0.328 e. The van der Waals surface area contributed by atoms with Crippen molar-refractivity contribution in [3.63, 3.8) is 0 Å². The molecule has 2 aromatic heterocycles. The number of terminal acetylenes is 1. The molecule has 1 saturated carbocycles. The lowest BCUT2D eigenvalue weighted by atomic mass is 10.0. The van der Waals surface area contributed by atoms with Crippen molar-refractivity contribution in [3.8, 4) is 18.1 Å². The largest absolute Gasteiger partial charge is 0.490 e. The summed E-state index contributed by atoms with van der Waals surface area (Å²) in [5.74, 6) is 2.52. The van der Waals surface area contributed by atoms with E-state index in [-0.39, 0.29) is 5.75 Å². The topological polar surface area (TPSA) is 115 Å². The highest BCUT2D eigenvalue weighted by Gasteiger charge is 2.32. The van der Waals surface area contributed by atoms with Crippen LogP contribution in [0.5, 0.6) is 5.75 Å². The molecule has 3 aromatic rings. The van der Waals surface area contributed by atoms with Crippen molar-refractivity contribution in [3.05, 3.63) is 74.1 Å². The molecule has 0 saturated heterocycles. The van der Waals surface area contributed by atoms with Crippen LogP contribution in [-0.4, -0.2) is 36.3 Å². The van der Waals surface area contributed by atoms with E-state index in [2.05, 4.69) is 21.2 Å². The average Bonchev–Trinajstić information content (AvgIpc) is 3.54. The first-order valence-corrected chi connectivity index (χ1v) is 11.2. The van der Waals surface area contributed by atoms with E-state index >= 15 is 0 Å². The number of aromatic amines is 1. The summed E-state index contributed by atoms with van der Waals surface area (Å²) in [5.41, 5.74) is -1.34. The monoisotopic (exact) mass is 467 g/mol. The van der Waals surface area contributed by atoms with E-state index in [9.17, 15) is 19.1 Å². The molecule has 0 unspecified atom stereocenters. The summed E-state index contributed by atoms with van der Waals surface area (Å²) >= 11 is 0. The van der Waals surface area contributed by atoms with Crippen LogP contribution in [-0.2, 0) is 18.7 Å². The van der Waals surface area contributed by atoms with Crippen molar-refractivity contribution in [2.24, 2.45) is 5.92 Å². The van der Waals surface area contributed by atoms with E-state index in [1.54, 1.807) is 0 Å². The maximum absolute atomic E-state index is 14.3. The summed E-state index contributed by atoms with van der Waals surface area (Å²) in [5, 5.41) is 19.5. The van der Waals surface area contributed by atoms with Crippen LogP contribution in [0.4, 0.5) is 4.39 Å². The van der Waals surface area contributed by atoms with E-state index in [0.29, 0.717) is 55.3 Å². The van der Waals surface area contributed by atoms with E-state index in [1.807, 2.05) is 0 Å². The third kappa shape index (κ3) is 5.10. The minimum Gasteiger partial charge on any atom is -0.490 e. The predicted octanol–water partition coefficient (Wildman–Crippen LogP) is 1.77. The lowest BCUT2D eigenvalue weighted by molar-refractivity contribution is 0.00798. The van der Waals surface area contributed by atoms with Crippen molar-refractivity contribution in [2.75, 3.05) is 6.61 Å². The third-order valence-electron chi connectivity index (χ3n) is 5.92. The standard InChI is InChI=1S/C24H26FN5O4/c1-3-19-20(6-4-5-12-29-13-11-22(31)26-23(29)32)30(28-27-19)24(2,33)17-9-10-18(25)21(14-17)34-15-16-7-8-16/h1,9-11,13-14,16,33H,4-8,12,15H2,2H3,(H,26,31,32)/t24-/m0/s1. The van der Waals surface area contributed by atoms with Gasteiger partial charge in [-0.15, -0.1) is 11.5 Å². The zero-order chi connectivity index (χ0) is 24.3. The lowest BCUT2D eigenvalue weighted by Gasteiger charge is -2.26. The highest BCUT2D eigenvalue weighted by Crippen LogP contribution is 2.33. The summed E-state index contributed by atoms with van der Waals surface area (Å²) in [6.07, 6.45) is 10.9. The van der Waals surface area contributed by atoms with Gasteiger partial charge in [-0.25, -0.2) is 13.9 Å². The molecular formula is C24H26FN5O4. The van der Waals surface area contributed by atoms with Gasteiger partial charge in [-0.05, 0) is 63.0 Å². The molecule has 1 aliphatic rings. The number of halogens is 1. The van der Waals surface area contributed by atoms with Crippen LogP contribution in [0.3, 0.4) is 0 Å². The summed E-state index contributed by atoms with van der Waals surface area (Å²) in [7, 11) is 0. The zero-order valence-electron chi connectivity index (χ0n) is 18.8. The van der Waals surface area contributed by atoms with Crippen LogP contribution in [0, 0.1) is 24.1 Å². The van der Waals surface area contributed by atoms with Gasteiger partial charge in [-0.3, -0.25) is 9.78 Å². The average molecular weight is 468 g/mol. The Labute approximate surface area is 195 Å². The molecule has 1 fully saturated rings. The quantitative estimate of drug-likeness (QED) is 0.347. The molecule has 1 aromatic carbocycles. The second kappa shape index (κ2) is 9.65. The van der Waals surface area contributed by atoms with Gasteiger partial charge in [-0.1, -0.05) is 11.3 Å². The molecule has 0 radical (unpaired) electrons. The van der Waals surface area contributed by atoms with Crippen molar-refractivity contribution < 1.29 is 14.2 Å². The first-order chi connectivity index (χ1) is 16.3. The number of unbranched alkanes of at least 4 members (excludes halogenated alkanes) is 1. The van der Waals surface area contributed by atoms with E-state index in [1.165, 1.54) is 46.6 Å². The molecule has 1 aliphatic carbocycles. The number of hydrogen-bond donors (Lipinski definition) is 2. The first-order valence-electron chi connectivity index (χ1n) is 11.2. The highest BCUT2D eigenvalue weighted by molar-refractivity contribution is 5.35. The maximum Gasteiger partial charge on any atom is 0.328 e. The van der Waals surface area contributed by atoms with Crippen molar-refractivity contribution in [1.82, 2.24) is 24.5 Å². The molecule has 178 valence electrons. The Kier molecular flexibility index (Phi) is 6.65. The van der Waals surface area contributed by atoms with Crippen LogP contribution in [0.25, 0.3) is 0 Å². The molecular weight excluding hydrogens is 441 g/mol. The zero-order valence-corrected chi connectivity index (χ0v) is 18.8. The Morgan fingerprint density at radius 1 is 1.32 bits per heavy atom. The number of rotatable bonds is 10. The Hall–Kier alpha value is -3.71. The van der Waals surface area contributed by atoms with E-state index in [0.717, 1.165) is 12.8 Å². The fourth-order valence-corrected chi connectivity index (χ4v) is 3.71. The Bertz CT molecular complexity index is 1330. The SMILES string of the molecule is C#Cc1nnn([C@@](C)(O)c2ccc(F)c(OCC3CC3)c2)c1CCCCn1ccc(=O)[nH]c1=O. The van der Waals surface area contributed by atoms with Gasteiger partial charge in [0.15, 0.2) is 23.0 Å². The normalized spacial score (nSPS) is 15.0. The minimum atomic E-state index is -1.65. The van der Waals surface area contributed by atoms with Crippen LogP contribution < -0.4 is 16.0 Å². The van der Waals surface area contributed by atoms with Crippen LogP contribution in [0.1, 0.15) is 49.6 Å². The first kappa shape index (κ1) is 23.4. The van der Waals surface area contributed by atoms with Gasteiger partial charge >= 0.3 is 5.69 Å². The molecule has 0 bridgehead atoms. The van der Waals surface area contributed by atoms with Gasteiger partial charge in [0.2, 0.25) is 0 Å². The molecule has 2 N–H and O–H groups in total. The fourth-order valence-electron chi connectivity index (χ4n) is 3.71. The maximum atomic E-state index is 14.3. The van der Waals surface area contributed by atoms with E-state index < -0.39 is 22.8 Å². The van der Waals surface area contributed by atoms with Gasteiger partial charge in [-0.2, -0.15) is 0 Å². The van der Waals surface area contributed by atoms with Crippen LogP contribution >= 0.6 is 0 Å². The van der Waals surface area contributed by atoms with Gasteiger partial charge in [0, 0.05) is 24.4 Å². The van der Waals surface area contributed by atoms with Gasteiger partial charge in [0.05, 0.1) is 12.3 Å². The minimum absolute atomic E-state index is 0.0786. The number of aromatic nitrogens is 5. The summed E-state index contributed by atoms with van der Waals surface area (Å²) < 4.78 is 22.6. The van der Waals surface area contributed by atoms with E-state index in [4.69, 9.17) is 11.2 Å². The van der Waals surface area contributed by atoms with Gasteiger partial charge in [0.1, 0.15) is 0 Å². The summed E-state index contributed by atoms with van der Waals surface area (Å²) in [4.78, 5) is 25.2. The second-order valence-corrected chi connectivity index (χ2v) is 8.62. The molecule has 0 spiro atoms. The number of benzene rings is 1. The Morgan fingerprint density at radius 3 is 2.82 bits per heavy atom. The van der Waals surface area contributed by atoms with Crippen LogP contribution in [0.2, 0.25) is 0 Å². The molecule has 0 amide bonds. The Balaban J connectivity index is 1.51. The molecule has 0 aliphatic heterocycles. The summed E-state index contributed by atoms with van der Waals surface area (Å²) in [6.45, 7) is 2.37. The number of aliphatic hydroxyl groups is 1. The molecule has 1 atom stereocenters. The number of hydrogen-bond acceptors (Lipinski definition) is 6. The molecule has 9 nitrogen and oxygen atoms in total. The Morgan fingerprint density at radius 2 is 2.12 bits per heavy atom.